The predicted molar refractivity (Wildman–Crippen MR) is 90.5 cm³/mol. The number of aromatic amines is 1. The quantitative estimate of drug-likeness (QED) is 0.586. The lowest BCUT2D eigenvalue weighted by atomic mass is 10.0. The normalized spacial score (nSPS) is 10.9. The minimum atomic E-state index is -0.414. The Labute approximate surface area is 137 Å². The molecule has 2 aromatic carbocycles. The van der Waals surface area contributed by atoms with Gasteiger partial charge in [-0.2, -0.15) is 5.10 Å². The van der Waals surface area contributed by atoms with E-state index in [1.165, 1.54) is 6.07 Å². The van der Waals surface area contributed by atoms with E-state index in [4.69, 9.17) is 4.74 Å². The van der Waals surface area contributed by atoms with Gasteiger partial charge in [0.05, 0.1) is 11.1 Å². The maximum atomic E-state index is 13.9. The number of para-hydroxylation sites is 1. The standard InChI is InChI=1S/C19H14FN3O/c1-12-6-2-3-7-13(12)18-17-16(10-11-21-19(17)23-22-18)24-15-9-5-4-8-14(15)20/h2-11H,1H3,(H,21,22,23). The molecule has 0 aliphatic carbocycles. The molecule has 0 aliphatic heterocycles. The molecule has 0 unspecified atom stereocenters. The van der Waals surface area contributed by atoms with Crippen molar-refractivity contribution in [2.75, 3.05) is 0 Å². The first-order valence-electron chi connectivity index (χ1n) is 7.55. The zero-order valence-electron chi connectivity index (χ0n) is 13.0. The van der Waals surface area contributed by atoms with Crippen LogP contribution in [0.2, 0.25) is 0 Å². The lowest BCUT2D eigenvalue weighted by molar-refractivity contribution is 0.446. The number of hydrogen-bond acceptors (Lipinski definition) is 3. The number of H-pyrrole nitrogens is 1. The molecule has 0 saturated heterocycles. The van der Waals surface area contributed by atoms with Gasteiger partial charge in [-0.05, 0) is 30.7 Å². The van der Waals surface area contributed by atoms with Gasteiger partial charge in [0.25, 0.3) is 0 Å². The second-order valence-electron chi connectivity index (χ2n) is 5.45. The summed E-state index contributed by atoms with van der Waals surface area (Å²) in [4.78, 5) is 4.27. The second-order valence-corrected chi connectivity index (χ2v) is 5.45. The number of aromatic nitrogens is 3. The third kappa shape index (κ3) is 2.40. The molecule has 0 bridgehead atoms. The van der Waals surface area contributed by atoms with Crippen molar-refractivity contribution in [2.24, 2.45) is 0 Å². The van der Waals surface area contributed by atoms with Crippen molar-refractivity contribution in [1.82, 2.24) is 15.2 Å². The summed E-state index contributed by atoms with van der Waals surface area (Å²) in [5.74, 6) is 0.266. The van der Waals surface area contributed by atoms with Gasteiger partial charge in [-0.25, -0.2) is 9.37 Å². The van der Waals surface area contributed by atoms with Gasteiger partial charge in [-0.15, -0.1) is 0 Å². The fourth-order valence-corrected chi connectivity index (χ4v) is 2.70. The van der Waals surface area contributed by atoms with Crippen molar-refractivity contribution in [2.45, 2.75) is 6.92 Å². The molecule has 0 saturated carbocycles. The molecule has 2 heterocycles. The van der Waals surface area contributed by atoms with Crippen LogP contribution in [0.25, 0.3) is 22.3 Å². The van der Waals surface area contributed by atoms with Gasteiger partial charge in [0.15, 0.2) is 17.2 Å². The molecule has 0 spiro atoms. The number of nitrogens with one attached hydrogen (secondary N) is 1. The molecule has 0 radical (unpaired) electrons. The van der Waals surface area contributed by atoms with Crippen molar-refractivity contribution in [3.63, 3.8) is 0 Å². The van der Waals surface area contributed by atoms with E-state index in [1.807, 2.05) is 31.2 Å². The van der Waals surface area contributed by atoms with Gasteiger partial charge in [0.1, 0.15) is 5.75 Å². The Hall–Kier alpha value is -3.21. The molecule has 1 N–H and O–H groups in total. The fourth-order valence-electron chi connectivity index (χ4n) is 2.70. The van der Waals surface area contributed by atoms with E-state index in [1.54, 1.807) is 30.5 Å². The Morgan fingerprint density at radius 1 is 0.958 bits per heavy atom. The van der Waals surface area contributed by atoms with Crippen LogP contribution in [0.15, 0.2) is 60.8 Å². The minimum absolute atomic E-state index is 0.168. The molecular weight excluding hydrogens is 305 g/mol. The highest BCUT2D eigenvalue weighted by Gasteiger charge is 2.16. The highest BCUT2D eigenvalue weighted by molar-refractivity contribution is 5.96. The minimum Gasteiger partial charge on any atom is -0.453 e. The van der Waals surface area contributed by atoms with Crippen LogP contribution in [0.3, 0.4) is 0 Å². The number of ether oxygens (including phenoxy) is 1. The number of aryl methyl sites for hydroxylation is 1. The fraction of sp³-hybridized carbons (Fsp3) is 0.0526. The van der Waals surface area contributed by atoms with E-state index in [2.05, 4.69) is 15.2 Å². The van der Waals surface area contributed by atoms with Crippen molar-refractivity contribution < 1.29 is 9.13 Å². The largest absolute Gasteiger partial charge is 0.453 e. The third-order valence-corrected chi connectivity index (χ3v) is 3.89. The topological polar surface area (TPSA) is 50.8 Å². The monoisotopic (exact) mass is 319 g/mol. The van der Waals surface area contributed by atoms with Crippen LogP contribution >= 0.6 is 0 Å². The van der Waals surface area contributed by atoms with Gasteiger partial charge in [-0.3, -0.25) is 5.10 Å². The SMILES string of the molecule is Cc1ccccc1-c1[nH]nc2nccc(Oc3ccccc3F)c12. The van der Waals surface area contributed by atoms with Crippen LogP contribution < -0.4 is 4.74 Å². The van der Waals surface area contributed by atoms with Crippen LogP contribution in [0.5, 0.6) is 11.5 Å². The first-order chi connectivity index (χ1) is 11.7. The molecule has 0 amide bonds. The van der Waals surface area contributed by atoms with E-state index in [9.17, 15) is 4.39 Å². The summed E-state index contributed by atoms with van der Waals surface area (Å²) in [7, 11) is 0. The van der Waals surface area contributed by atoms with Gasteiger partial charge >= 0.3 is 0 Å². The van der Waals surface area contributed by atoms with Crippen LogP contribution in [0.1, 0.15) is 5.56 Å². The molecular formula is C19H14FN3O. The molecule has 5 heteroatoms. The summed E-state index contributed by atoms with van der Waals surface area (Å²) in [6, 6.07) is 16.0. The lowest BCUT2D eigenvalue weighted by Crippen LogP contribution is -1.91. The maximum Gasteiger partial charge on any atom is 0.185 e. The van der Waals surface area contributed by atoms with Crippen molar-refractivity contribution in [3.05, 3.63) is 72.2 Å². The van der Waals surface area contributed by atoms with E-state index in [0.29, 0.717) is 11.4 Å². The summed E-state index contributed by atoms with van der Waals surface area (Å²) in [6.45, 7) is 2.02. The summed E-state index contributed by atoms with van der Waals surface area (Å²) >= 11 is 0. The molecule has 4 aromatic rings. The molecule has 0 atom stereocenters. The van der Waals surface area contributed by atoms with Crippen molar-refractivity contribution >= 4 is 11.0 Å². The molecule has 0 fully saturated rings. The molecule has 118 valence electrons. The van der Waals surface area contributed by atoms with Gasteiger partial charge in [0.2, 0.25) is 0 Å². The second kappa shape index (κ2) is 5.77. The van der Waals surface area contributed by atoms with Crippen molar-refractivity contribution in [3.8, 4) is 22.8 Å². The lowest BCUT2D eigenvalue weighted by Gasteiger charge is -2.09. The predicted octanol–water partition coefficient (Wildman–Crippen LogP) is 4.86. The van der Waals surface area contributed by atoms with E-state index >= 15 is 0 Å². The first kappa shape index (κ1) is 14.4. The summed E-state index contributed by atoms with van der Waals surface area (Å²) in [5.41, 5.74) is 3.44. The number of nitrogens with zero attached hydrogens (tertiary/aromatic N) is 2. The molecule has 4 rings (SSSR count). The van der Waals surface area contributed by atoms with Crippen LogP contribution in [0.4, 0.5) is 4.39 Å². The number of benzene rings is 2. The highest BCUT2D eigenvalue weighted by atomic mass is 19.1. The highest BCUT2D eigenvalue weighted by Crippen LogP contribution is 2.36. The Bertz CT molecular complexity index is 1030. The Kier molecular flexibility index (Phi) is 3.46. The Morgan fingerprint density at radius 3 is 2.58 bits per heavy atom. The van der Waals surface area contributed by atoms with Crippen LogP contribution in [-0.2, 0) is 0 Å². The number of halogens is 1. The molecule has 24 heavy (non-hydrogen) atoms. The Balaban J connectivity index is 1.90. The van der Waals surface area contributed by atoms with Gasteiger partial charge < -0.3 is 4.74 Å². The summed E-state index contributed by atoms with van der Waals surface area (Å²) < 4.78 is 19.7. The number of pyridine rings is 1. The van der Waals surface area contributed by atoms with E-state index < -0.39 is 5.82 Å². The van der Waals surface area contributed by atoms with Gasteiger partial charge in [-0.1, -0.05) is 36.4 Å². The Morgan fingerprint density at radius 2 is 1.75 bits per heavy atom. The van der Waals surface area contributed by atoms with E-state index in [-0.39, 0.29) is 5.75 Å². The average Bonchev–Trinajstić information content (AvgIpc) is 3.02. The number of hydrogen-bond donors (Lipinski definition) is 1. The third-order valence-electron chi connectivity index (χ3n) is 3.89. The molecule has 4 nitrogen and oxygen atoms in total. The summed E-state index contributed by atoms with van der Waals surface area (Å²) in [5, 5.41) is 8.01. The zero-order chi connectivity index (χ0) is 16.5. The number of rotatable bonds is 3. The zero-order valence-corrected chi connectivity index (χ0v) is 13.0. The van der Waals surface area contributed by atoms with Crippen LogP contribution in [-0.4, -0.2) is 15.2 Å². The summed E-state index contributed by atoms with van der Waals surface area (Å²) in [6.07, 6.45) is 1.60. The van der Waals surface area contributed by atoms with Crippen molar-refractivity contribution in [1.29, 1.82) is 0 Å². The molecule has 0 aliphatic rings. The van der Waals surface area contributed by atoms with Gasteiger partial charge in [0, 0.05) is 11.8 Å². The maximum absolute atomic E-state index is 13.9. The first-order valence-corrected chi connectivity index (χ1v) is 7.55. The molecule has 2 aromatic heterocycles. The number of fused-ring (bicyclic) bond motifs is 1. The van der Waals surface area contributed by atoms with Crippen LogP contribution in [0, 0.1) is 12.7 Å². The smallest absolute Gasteiger partial charge is 0.185 e. The van der Waals surface area contributed by atoms with E-state index in [0.717, 1.165) is 22.2 Å². The average molecular weight is 319 g/mol.